The minimum atomic E-state index is 0. The SMILES string of the molecule is I.NC(=NCCNC(=O)CC1CCCCC1)N1CCSCC1. The summed E-state index contributed by atoms with van der Waals surface area (Å²) in [4.78, 5) is 18.3. The van der Waals surface area contributed by atoms with Crippen LogP contribution < -0.4 is 11.1 Å². The maximum Gasteiger partial charge on any atom is 0.220 e. The van der Waals surface area contributed by atoms with Crippen LogP contribution in [0.3, 0.4) is 0 Å². The molecule has 2 rings (SSSR count). The highest BCUT2D eigenvalue weighted by molar-refractivity contribution is 14.0. The number of thioether (sulfide) groups is 1. The summed E-state index contributed by atoms with van der Waals surface area (Å²) in [6.45, 7) is 3.13. The van der Waals surface area contributed by atoms with Crippen molar-refractivity contribution in [2.75, 3.05) is 37.7 Å². The highest BCUT2D eigenvalue weighted by atomic mass is 127. The van der Waals surface area contributed by atoms with Crippen LogP contribution in [0.5, 0.6) is 0 Å². The lowest BCUT2D eigenvalue weighted by molar-refractivity contribution is -0.122. The average Bonchev–Trinajstić information content (AvgIpc) is 2.53. The van der Waals surface area contributed by atoms with E-state index in [1.165, 1.54) is 32.1 Å². The van der Waals surface area contributed by atoms with Gasteiger partial charge in [0.15, 0.2) is 5.96 Å². The molecule has 5 nitrogen and oxygen atoms in total. The monoisotopic (exact) mass is 440 g/mol. The van der Waals surface area contributed by atoms with Crippen molar-refractivity contribution in [3.8, 4) is 0 Å². The molecule has 0 unspecified atom stereocenters. The van der Waals surface area contributed by atoms with E-state index in [1.807, 2.05) is 11.8 Å². The van der Waals surface area contributed by atoms with Crippen LogP contribution in [0.25, 0.3) is 0 Å². The molecule has 1 heterocycles. The standard InChI is InChI=1S/C15H28N4OS.HI/c16-15(19-8-10-21-11-9-19)18-7-6-17-14(20)12-13-4-2-1-3-5-13;/h13H,1-12H2,(H2,16,18)(H,17,20);1H. The number of hydrogen-bond acceptors (Lipinski definition) is 3. The van der Waals surface area contributed by atoms with Gasteiger partial charge in [0.05, 0.1) is 6.54 Å². The van der Waals surface area contributed by atoms with E-state index >= 15 is 0 Å². The molecule has 3 N–H and O–H groups in total. The molecule has 22 heavy (non-hydrogen) atoms. The lowest BCUT2D eigenvalue weighted by Gasteiger charge is -2.27. The molecule has 1 amide bonds. The maximum atomic E-state index is 11.9. The lowest BCUT2D eigenvalue weighted by Crippen LogP contribution is -2.43. The third-order valence-corrected chi connectivity index (χ3v) is 5.18. The first-order valence-electron chi connectivity index (χ1n) is 8.15. The van der Waals surface area contributed by atoms with Crippen molar-refractivity contribution in [1.29, 1.82) is 0 Å². The van der Waals surface area contributed by atoms with E-state index in [1.54, 1.807) is 0 Å². The molecule has 0 radical (unpaired) electrons. The van der Waals surface area contributed by atoms with Crippen LogP contribution in [0, 0.1) is 5.92 Å². The molecule has 2 aliphatic rings. The number of nitrogens with two attached hydrogens (primary N) is 1. The minimum Gasteiger partial charge on any atom is -0.370 e. The van der Waals surface area contributed by atoms with Crippen LogP contribution in [0.1, 0.15) is 38.5 Å². The molecule has 0 aromatic rings. The van der Waals surface area contributed by atoms with Gasteiger partial charge in [-0.15, -0.1) is 24.0 Å². The second-order valence-corrected chi connectivity index (χ2v) is 7.12. The van der Waals surface area contributed by atoms with Crippen LogP contribution in [-0.4, -0.2) is 54.5 Å². The smallest absolute Gasteiger partial charge is 0.220 e. The third kappa shape index (κ3) is 7.39. The number of carbonyl (C=O) groups excluding carboxylic acids is 1. The Labute approximate surface area is 155 Å². The molecule has 0 spiro atoms. The summed E-state index contributed by atoms with van der Waals surface area (Å²) < 4.78 is 0. The number of nitrogens with zero attached hydrogens (tertiary/aromatic N) is 2. The Morgan fingerprint density at radius 1 is 1.23 bits per heavy atom. The van der Waals surface area contributed by atoms with Crippen LogP contribution in [-0.2, 0) is 4.79 Å². The second-order valence-electron chi connectivity index (χ2n) is 5.90. The Morgan fingerprint density at radius 2 is 1.91 bits per heavy atom. The van der Waals surface area contributed by atoms with Gasteiger partial charge in [-0.2, -0.15) is 11.8 Å². The summed E-state index contributed by atoms with van der Waals surface area (Å²) in [5.74, 6) is 3.63. The molecular formula is C15H29IN4OS. The van der Waals surface area contributed by atoms with E-state index in [9.17, 15) is 4.79 Å². The van der Waals surface area contributed by atoms with Crippen molar-refractivity contribution in [3.63, 3.8) is 0 Å². The van der Waals surface area contributed by atoms with Gasteiger partial charge in [-0.1, -0.05) is 19.3 Å². The number of guanidine groups is 1. The van der Waals surface area contributed by atoms with E-state index < -0.39 is 0 Å². The van der Waals surface area contributed by atoms with E-state index in [-0.39, 0.29) is 29.9 Å². The van der Waals surface area contributed by atoms with Crippen molar-refractivity contribution in [2.24, 2.45) is 16.6 Å². The normalized spacial score (nSPS) is 20.4. The van der Waals surface area contributed by atoms with Crippen molar-refractivity contribution in [1.82, 2.24) is 10.2 Å². The second kappa shape index (κ2) is 11.4. The first kappa shape index (κ1) is 19.9. The van der Waals surface area contributed by atoms with Crippen LogP contribution in [0.2, 0.25) is 0 Å². The van der Waals surface area contributed by atoms with Gasteiger partial charge in [-0.3, -0.25) is 9.79 Å². The van der Waals surface area contributed by atoms with Crippen molar-refractivity contribution >= 4 is 47.6 Å². The number of carbonyl (C=O) groups is 1. The molecular weight excluding hydrogens is 411 g/mol. The first-order valence-corrected chi connectivity index (χ1v) is 9.30. The number of hydrogen-bond donors (Lipinski definition) is 2. The number of amides is 1. The van der Waals surface area contributed by atoms with Crippen molar-refractivity contribution in [2.45, 2.75) is 38.5 Å². The number of halogens is 1. The predicted octanol–water partition coefficient (Wildman–Crippen LogP) is 2.05. The zero-order chi connectivity index (χ0) is 14.9. The van der Waals surface area contributed by atoms with Gasteiger partial charge >= 0.3 is 0 Å². The Hall–Kier alpha value is -0.180. The first-order chi connectivity index (χ1) is 10.3. The number of nitrogens with one attached hydrogen (secondary N) is 1. The Morgan fingerprint density at radius 3 is 2.59 bits per heavy atom. The Kier molecular flexibility index (Phi) is 10.3. The lowest BCUT2D eigenvalue weighted by atomic mass is 9.87. The number of rotatable bonds is 5. The summed E-state index contributed by atoms with van der Waals surface area (Å²) in [5, 5.41) is 2.96. The third-order valence-electron chi connectivity index (χ3n) is 4.24. The van der Waals surface area contributed by atoms with Crippen LogP contribution >= 0.6 is 35.7 Å². The fraction of sp³-hybridized carbons (Fsp3) is 0.867. The predicted molar refractivity (Wildman–Crippen MR) is 105 cm³/mol. The van der Waals surface area contributed by atoms with E-state index in [0.29, 0.717) is 31.4 Å². The minimum absolute atomic E-state index is 0. The summed E-state index contributed by atoms with van der Waals surface area (Å²) in [6.07, 6.45) is 7.01. The number of aliphatic imine (C=N–C) groups is 1. The van der Waals surface area contributed by atoms with Crippen molar-refractivity contribution < 1.29 is 4.79 Å². The Bertz CT molecular complexity index is 355. The molecule has 7 heteroatoms. The molecule has 0 atom stereocenters. The fourth-order valence-electron chi connectivity index (χ4n) is 2.98. The topological polar surface area (TPSA) is 70.7 Å². The van der Waals surface area contributed by atoms with E-state index in [4.69, 9.17) is 5.73 Å². The van der Waals surface area contributed by atoms with Gasteiger partial charge in [0.2, 0.25) is 5.91 Å². The molecule has 128 valence electrons. The molecule has 0 bridgehead atoms. The summed E-state index contributed by atoms with van der Waals surface area (Å²) in [7, 11) is 0. The van der Waals surface area contributed by atoms with Gasteiger partial charge in [0.25, 0.3) is 0 Å². The zero-order valence-electron chi connectivity index (χ0n) is 13.3. The summed E-state index contributed by atoms with van der Waals surface area (Å²) >= 11 is 1.96. The van der Waals surface area contributed by atoms with E-state index in [2.05, 4.69) is 15.2 Å². The quantitative estimate of drug-likeness (QED) is 0.297. The molecule has 1 aliphatic carbocycles. The van der Waals surface area contributed by atoms with Crippen LogP contribution in [0.15, 0.2) is 4.99 Å². The summed E-state index contributed by atoms with van der Waals surface area (Å²) in [5.41, 5.74) is 5.97. The largest absolute Gasteiger partial charge is 0.370 e. The maximum absolute atomic E-state index is 11.9. The molecule has 0 aromatic carbocycles. The average molecular weight is 440 g/mol. The molecule has 1 aliphatic heterocycles. The molecule has 0 aromatic heterocycles. The van der Waals surface area contributed by atoms with E-state index in [0.717, 1.165) is 24.6 Å². The van der Waals surface area contributed by atoms with Gasteiger partial charge < -0.3 is 16.0 Å². The van der Waals surface area contributed by atoms with Gasteiger partial charge in [-0.05, 0) is 18.8 Å². The van der Waals surface area contributed by atoms with Gasteiger partial charge in [0.1, 0.15) is 0 Å². The van der Waals surface area contributed by atoms with Gasteiger partial charge in [0, 0.05) is 37.6 Å². The molecule has 2 fully saturated rings. The highest BCUT2D eigenvalue weighted by Gasteiger charge is 2.16. The fourth-order valence-corrected chi connectivity index (χ4v) is 3.89. The Balaban J connectivity index is 0.00000242. The van der Waals surface area contributed by atoms with Gasteiger partial charge in [-0.25, -0.2) is 0 Å². The molecule has 1 saturated carbocycles. The van der Waals surface area contributed by atoms with Crippen LogP contribution in [0.4, 0.5) is 0 Å². The van der Waals surface area contributed by atoms with Crippen molar-refractivity contribution in [3.05, 3.63) is 0 Å². The molecule has 1 saturated heterocycles. The summed E-state index contributed by atoms with van der Waals surface area (Å²) in [6, 6.07) is 0. The zero-order valence-corrected chi connectivity index (χ0v) is 16.4. The highest BCUT2D eigenvalue weighted by Crippen LogP contribution is 2.25.